The van der Waals surface area contributed by atoms with E-state index in [9.17, 15) is 0 Å². The summed E-state index contributed by atoms with van der Waals surface area (Å²) < 4.78 is 0. The van der Waals surface area contributed by atoms with Gasteiger partial charge in [0.25, 0.3) is 0 Å². The van der Waals surface area contributed by atoms with Crippen LogP contribution in [0.4, 0.5) is 0 Å². The van der Waals surface area contributed by atoms with Crippen LogP contribution in [0.2, 0.25) is 0 Å². The van der Waals surface area contributed by atoms with Crippen LogP contribution < -0.4 is 18.9 Å². The van der Waals surface area contributed by atoms with Gasteiger partial charge in [0.05, 0.1) is 0 Å². The third kappa shape index (κ3) is 47.3. The average molecular weight is 108 g/mol. The van der Waals surface area contributed by atoms with E-state index in [-0.39, 0.29) is 63.6 Å². The SMILES string of the molecule is CC=O.[AlH3].[H-].[H-].[H-].[Li+].[Mg+2]. The Morgan fingerprint density at radius 3 is 1.67 bits per heavy atom. The molecule has 0 radical (unpaired) electrons. The molecule has 0 aliphatic heterocycles. The van der Waals surface area contributed by atoms with Crippen molar-refractivity contribution in [3.63, 3.8) is 0 Å². The van der Waals surface area contributed by atoms with Crippen molar-refractivity contribution in [2.24, 2.45) is 0 Å². The molecule has 4 heteroatoms. The van der Waals surface area contributed by atoms with Crippen molar-refractivity contribution < 1.29 is 27.9 Å². The largest absolute Gasteiger partial charge is 2.00 e. The van der Waals surface area contributed by atoms with Crippen LogP contribution in [-0.4, -0.2) is 46.7 Å². The summed E-state index contributed by atoms with van der Waals surface area (Å²) in [6.07, 6.45) is 0.750. The smallest absolute Gasteiger partial charge is 1.00 e. The van der Waals surface area contributed by atoms with Gasteiger partial charge in [0.1, 0.15) is 6.29 Å². The van der Waals surface area contributed by atoms with Crippen molar-refractivity contribution in [1.29, 1.82) is 0 Å². The molecule has 0 bridgehead atoms. The number of carbonyl (C=O) groups excluding carboxylic acids is 1. The Hall–Kier alpha value is 1.57. The molecule has 0 atom stereocenters. The minimum Gasteiger partial charge on any atom is -1.00 e. The van der Waals surface area contributed by atoms with Gasteiger partial charge in [-0.25, -0.2) is 0 Å². The molecular formula is C2H10AlLiMgO. The van der Waals surface area contributed by atoms with E-state index < -0.39 is 0 Å². The maximum Gasteiger partial charge on any atom is 2.00 e. The molecule has 0 N–H and O–H groups in total. The van der Waals surface area contributed by atoms with Gasteiger partial charge in [0.2, 0.25) is 0 Å². The molecule has 0 aliphatic rings. The quantitative estimate of drug-likeness (QED) is 0.228. The fourth-order valence-electron chi connectivity index (χ4n) is 0. The second-order valence-electron chi connectivity index (χ2n) is 0.236. The Bertz CT molecular complexity index is 29.3. The van der Waals surface area contributed by atoms with Gasteiger partial charge in [0, 0.05) is 0 Å². The summed E-state index contributed by atoms with van der Waals surface area (Å²) in [6.45, 7) is 1.44. The van der Waals surface area contributed by atoms with Crippen molar-refractivity contribution in [1.82, 2.24) is 0 Å². The zero-order chi connectivity index (χ0) is 2.71. The van der Waals surface area contributed by atoms with Crippen LogP contribution in [-0.2, 0) is 4.79 Å². The summed E-state index contributed by atoms with van der Waals surface area (Å²) in [7, 11) is 0. The second-order valence-corrected chi connectivity index (χ2v) is 0.236. The second kappa shape index (κ2) is 30.9. The predicted octanol–water partition coefficient (Wildman–Crippen LogP) is -4.02. The molecule has 0 saturated heterocycles. The molecular weight excluding hydrogens is 98.2 g/mol. The number of carbonyl (C=O) groups is 1. The number of hydrogen-bond donors (Lipinski definition) is 0. The van der Waals surface area contributed by atoms with Gasteiger partial charge in [-0.3, -0.25) is 0 Å². The third-order valence-corrected chi connectivity index (χ3v) is 0. The first-order valence-corrected chi connectivity index (χ1v) is 0.813. The predicted molar refractivity (Wildman–Crippen MR) is 30.8 cm³/mol. The molecule has 0 aromatic rings. The van der Waals surface area contributed by atoms with Crippen LogP contribution in [0.15, 0.2) is 0 Å². The van der Waals surface area contributed by atoms with Crippen molar-refractivity contribution in [3.05, 3.63) is 0 Å². The molecule has 0 heterocycles. The molecule has 1 nitrogen and oxygen atoms in total. The van der Waals surface area contributed by atoms with Gasteiger partial charge >= 0.3 is 41.9 Å². The maximum atomic E-state index is 8.81. The molecule has 0 amide bonds. The Kier molecular flexibility index (Phi) is 132. The topological polar surface area (TPSA) is 17.1 Å². The molecule has 6 heavy (non-hydrogen) atoms. The van der Waals surface area contributed by atoms with Gasteiger partial charge in [0.15, 0.2) is 17.4 Å². The number of aldehydes is 1. The molecule has 0 spiro atoms. The summed E-state index contributed by atoms with van der Waals surface area (Å²) >= 11 is 0. The Morgan fingerprint density at radius 2 is 1.67 bits per heavy atom. The molecule has 0 aromatic carbocycles. The van der Waals surface area contributed by atoms with E-state index in [2.05, 4.69) is 0 Å². The average Bonchev–Trinajstić information content (AvgIpc) is 0.918. The summed E-state index contributed by atoms with van der Waals surface area (Å²) in [5.41, 5.74) is 0. The van der Waals surface area contributed by atoms with E-state index in [1.807, 2.05) is 0 Å². The van der Waals surface area contributed by atoms with Crippen LogP contribution in [0.25, 0.3) is 0 Å². The van der Waals surface area contributed by atoms with E-state index in [0.717, 1.165) is 6.29 Å². The van der Waals surface area contributed by atoms with Crippen LogP contribution >= 0.6 is 0 Å². The molecule has 0 aromatic heterocycles. The Morgan fingerprint density at radius 1 is 1.67 bits per heavy atom. The van der Waals surface area contributed by atoms with Crippen LogP contribution in [0.3, 0.4) is 0 Å². The molecule has 0 rings (SSSR count). The van der Waals surface area contributed by atoms with Crippen molar-refractivity contribution >= 4 is 46.7 Å². The normalized spacial score (nSPS) is 2.17. The monoisotopic (exact) mass is 108 g/mol. The van der Waals surface area contributed by atoms with Crippen molar-refractivity contribution in [3.8, 4) is 0 Å². The first-order valence-electron chi connectivity index (χ1n) is 0.813. The summed E-state index contributed by atoms with van der Waals surface area (Å²) in [5.74, 6) is 0. The molecule has 0 saturated carbocycles. The fourth-order valence-corrected chi connectivity index (χ4v) is 0. The van der Waals surface area contributed by atoms with E-state index >= 15 is 0 Å². The Balaban J connectivity index is -0.00000000133. The maximum absolute atomic E-state index is 8.81. The first-order chi connectivity index (χ1) is 1.41. The first kappa shape index (κ1) is 25.7. The van der Waals surface area contributed by atoms with Gasteiger partial charge < -0.3 is 9.07 Å². The van der Waals surface area contributed by atoms with Crippen LogP contribution in [0.5, 0.6) is 0 Å². The van der Waals surface area contributed by atoms with E-state index in [0.29, 0.717) is 0 Å². The van der Waals surface area contributed by atoms with Gasteiger partial charge in [-0.15, -0.1) is 0 Å². The standard InChI is InChI=1S/C2H4O.Al.Li.Mg.6H/c1-2-3;;;;;;;;;/h2H,1H3;;;;;;;;;/q;;+1;+2;;;;3*-1. The van der Waals surface area contributed by atoms with E-state index in [4.69, 9.17) is 4.79 Å². The zero-order valence-corrected chi connectivity index (χ0v) is 5.11. The zero-order valence-electron chi connectivity index (χ0n) is 6.69. The molecule has 0 fully saturated rings. The third-order valence-electron chi connectivity index (χ3n) is 0. The van der Waals surface area contributed by atoms with Crippen molar-refractivity contribution in [2.45, 2.75) is 6.92 Å². The summed E-state index contributed by atoms with van der Waals surface area (Å²) in [6, 6.07) is 0. The number of rotatable bonds is 0. The minimum absolute atomic E-state index is 0. The van der Waals surface area contributed by atoms with Crippen molar-refractivity contribution in [2.75, 3.05) is 0 Å². The molecule has 30 valence electrons. The summed E-state index contributed by atoms with van der Waals surface area (Å²) in [5, 5.41) is 0. The van der Waals surface area contributed by atoms with Gasteiger partial charge in [-0.1, -0.05) is 0 Å². The molecule has 0 unspecified atom stereocenters. The van der Waals surface area contributed by atoms with E-state index in [1.165, 1.54) is 6.92 Å². The van der Waals surface area contributed by atoms with Crippen LogP contribution in [0, 0.1) is 0 Å². The number of hydrogen-bond acceptors (Lipinski definition) is 1. The summed E-state index contributed by atoms with van der Waals surface area (Å²) in [4.78, 5) is 8.81. The van der Waals surface area contributed by atoms with Crippen LogP contribution in [0.1, 0.15) is 11.2 Å². The van der Waals surface area contributed by atoms with Gasteiger partial charge in [-0.2, -0.15) is 0 Å². The van der Waals surface area contributed by atoms with E-state index in [1.54, 1.807) is 0 Å². The van der Waals surface area contributed by atoms with Gasteiger partial charge in [-0.05, 0) is 6.92 Å². The molecule has 0 aliphatic carbocycles. The Labute approximate surface area is 81.2 Å². The minimum atomic E-state index is 0. The fraction of sp³-hybridized carbons (Fsp3) is 0.500.